The monoisotopic (exact) mass is 206 g/mol. The van der Waals surface area contributed by atoms with Crippen molar-refractivity contribution >= 4 is 29.2 Å². The van der Waals surface area contributed by atoms with Crippen molar-refractivity contribution in [3.8, 4) is 0 Å². The molecular formula is C7H14N2OS2. The normalized spacial score (nSPS) is 19.6. The smallest absolute Gasteiger partial charge is 0.101 e. The number of rotatable bonds is 2. The van der Waals surface area contributed by atoms with E-state index in [4.69, 9.17) is 30.0 Å². The Morgan fingerprint density at radius 3 is 2.50 bits per heavy atom. The van der Waals surface area contributed by atoms with Gasteiger partial charge in [0.25, 0.3) is 0 Å². The van der Waals surface area contributed by atoms with Gasteiger partial charge >= 0.3 is 0 Å². The number of piperazine rings is 1. The van der Waals surface area contributed by atoms with Crippen molar-refractivity contribution in [3.05, 3.63) is 0 Å². The van der Waals surface area contributed by atoms with E-state index in [0.717, 1.165) is 32.7 Å². The summed E-state index contributed by atoms with van der Waals surface area (Å²) < 4.78 is 0.582. The predicted octanol–water partition coefficient (Wildman–Crippen LogP) is -1.99. The maximum absolute atomic E-state index is 8.71. The molecule has 0 bridgehead atoms. The third-order valence-electron chi connectivity index (χ3n) is 2.19. The van der Waals surface area contributed by atoms with Crippen LogP contribution in [0.15, 0.2) is 0 Å². The number of nitrogens with one attached hydrogen (secondary N) is 1. The lowest BCUT2D eigenvalue weighted by molar-refractivity contribution is -0.904. The highest BCUT2D eigenvalue weighted by Gasteiger charge is 2.16. The molecule has 2 N–H and O–H groups in total. The van der Waals surface area contributed by atoms with Crippen molar-refractivity contribution in [2.45, 2.75) is 0 Å². The number of aliphatic hydroxyl groups excluding tert-OH is 1. The summed E-state index contributed by atoms with van der Waals surface area (Å²) in [6.07, 6.45) is 0. The first-order valence-corrected chi connectivity index (χ1v) is 4.96. The van der Waals surface area contributed by atoms with Crippen molar-refractivity contribution in [2.75, 3.05) is 39.3 Å². The number of quaternary nitrogens is 1. The first kappa shape index (κ1) is 10.1. The van der Waals surface area contributed by atoms with Crippen LogP contribution < -0.4 is 4.90 Å². The molecule has 1 aliphatic rings. The fourth-order valence-electron chi connectivity index (χ4n) is 1.41. The molecule has 0 aromatic carbocycles. The van der Waals surface area contributed by atoms with Crippen LogP contribution in [0.2, 0.25) is 0 Å². The van der Waals surface area contributed by atoms with Gasteiger partial charge in [-0.3, -0.25) is 0 Å². The largest absolute Gasteiger partial charge is 0.411 e. The molecular weight excluding hydrogens is 192 g/mol. The maximum atomic E-state index is 8.71. The molecule has 0 saturated carbocycles. The first-order valence-electron chi connectivity index (χ1n) is 4.14. The molecule has 12 heavy (non-hydrogen) atoms. The van der Waals surface area contributed by atoms with E-state index in [1.807, 2.05) is 4.90 Å². The van der Waals surface area contributed by atoms with Gasteiger partial charge in [-0.25, -0.2) is 0 Å². The van der Waals surface area contributed by atoms with Crippen LogP contribution in [0.25, 0.3) is 0 Å². The van der Waals surface area contributed by atoms with Gasteiger partial charge < -0.3 is 39.8 Å². The highest BCUT2D eigenvalue weighted by molar-refractivity contribution is 8.00. The molecule has 1 aliphatic heterocycles. The maximum Gasteiger partial charge on any atom is 0.101 e. The van der Waals surface area contributed by atoms with Gasteiger partial charge in [-0.05, 0) is 0 Å². The zero-order valence-electron chi connectivity index (χ0n) is 6.95. The minimum absolute atomic E-state index is 0.271. The Morgan fingerprint density at radius 2 is 2.08 bits per heavy atom. The van der Waals surface area contributed by atoms with E-state index >= 15 is 0 Å². The van der Waals surface area contributed by atoms with Crippen LogP contribution in [0.1, 0.15) is 0 Å². The van der Waals surface area contributed by atoms with Gasteiger partial charge in [0.2, 0.25) is 0 Å². The van der Waals surface area contributed by atoms with Gasteiger partial charge in [0.05, 0.1) is 32.8 Å². The molecule has 0 amide bonds. The highest BCUT2D eigenvalue weighted by Crippen LogP contribution is 1.90. The van der Waals surface area contributed by atoms with Crippen LogP contribution in [0.5, 0.6) is 0 Å². The van der Waals surface area contributed by atoms with Crippen molar-refractivity contribution in [2.24, 2.45) is 0 Å². The van der Waals surface area contributed by atoms with Gasteiger partial charge in [-0.2, -0.15) is 0 Å². The van der Waals surface area contributed by atoms with Gasteiger partial charge in [-0.15, -0.1) is 0 Å². The Labute approximate surface area is 83.8 Å². The Hall–Kier alpha value is 0.0300. The molecule has 0 aromatic rings. The summed E-state index contributed by atoms with van der Waals surface area (Å²) in [7, 11) is 0. The standard InChI is InChI=1S/C7H14N2OS2/c10-6-5-8-1-3-9(4-2-8)7(11)12/h10H,1-6H2,(H,11,12). The van der Waals surface area contributed by atoms with Crippen LogP contribution in [0.3, 0.4) is 0 Å². The predicted molar refractivity (Wildman–Crippen MR) is 54.2 cm³/mol. The van der Waals surface area contributed by atoms with E-state index < -0.39 is 0 Å². The first-order chi connectivity index (χ1) is 5.74. The quantitative estimate of drug-likeness (QED) is 0.404. The molecule has 0 atom stereocenters. The van der Waals surface area contributed by atoms with Crippen LogP contribution in [-0.4, -0.2) is 53.7 Å². The second kappa shape index (κ2) is 4.91. The summed E-state index contributed by atoms with van der Waals surface area (Å²) >= 11 is 9.80. The third-order valence-corrected chi connectivity index (χ3v) is 2.71. The lowest BCUT2D eigenvalue weighted by Crippen LogP contribution is -3.15. The molecule has 1 heterocycles. The van der Waals surface area contributed by atoms with Crippen LogP contribution in [0.4, 0.5) is 0 Å². The lowest BCUT2D eigenvalue weighted by Gasteiger charge is -2.35. The van der Waals surface area contributed by atoms with Crippen molar-refractivity contribution in [1.82, 2.24) is 4.90 Å². The Balaban J connectivity index is 2.25. The molecule has 0 unspecified atom stereocenters. The van der Waals surface area contributed by atoms with Crippen molar-refractivity contribution in [1.29, 1.82) is 0 Å². The molecule has 0 aliphatic carbocycles. The second-order valence-corrected chi connectivity index (χ2v) is 4.01. The summed E-state index contributed by atoms with van der Waals surface area (Å²) in [6.45, 7) is 5.08. The zero-order chi connectivity index (χ0) is 8.97. The molecule has 0 radical (unpaired) electrons. The van der Waals surface area contributed by atoms with Gasteiger partial charge in [-0.1, -0.05) is 4.32 Å². The summed E-state index contributed by atoms with van der Waals surface area (Å²) in [5.41, 5.74) is 0. The molecule has 1 rings (SSSR count). The lowest BCUT2D eigenvalue weighted by atomic mass is 10.3. The van der Waals surface area contributed by atoms with E-state index in [1.165, 1.54) is 4.90 Å². The zero-order valence-corrected chi connectivity index (χ0v) is 8.59. The Bertz CT molecular complexity index is 157. The average Bonchev–Trinajstić information content (AvgIpc) is 2.06. The van der Waals surface area contributed by atoms with E-state index in [0.29, 0.717) is 4.32 Å². The van der Waals surface area contributed by atoms with Crippen LogP contribution >= 0.6 is 12.2 Å². The highest BCUT2D eigenvalue weighted by atomic mass is 32.1. The van der Waals surface area contributed by atoms with Gasteiger partial charge in [0.1, 0.15) is 6.54 Å². The van der Waals surface area contributed by atoms with Crippen LogP contribution in [-0.2, 0) is 12.6 Å². The molecule has 1 saturated heterocycles. The minimum Gasteiger partial charge on any atom is -0.411 e. The molecule has 5 heteroatoms. The van der Waals surface area contributed by atoms with Crippen molar-refractivity contribution < 1.29 is 10.0 Å². The molecule has 3 nitrogen and oxygen atoms in total. The average molecular weight is 206 g/mol. The van der Waals surface area contributed by atoms with E-state index in [9.17, 15) is 0 Å². The summed E-state index contributed by atoms with van der Waals surface area (Å²) in [5.74, 6) is 0. The number of aliphatic hydroxyl groups is 1. The number of hydrogen-bond donors (Lipinski definition) is 2. The number of hydrogen-bond acceptors (Lipinski definition) is 3. The third kappa shape index (κ3) is 2.82. The Kier molecular flexibility index (Phi) is 4.14. The fraction of sp³-hybridized carbons (Fsp3) is 0.857. The second-order valence-electron chi connectivity index (χ2n) is 2.98. The minimum atomic E-state index is 0.271. The summed E-state index contributed by atoms with van der Waals surface area (Å²) in [5, 5.41) is 8.71. The topological polar surface area (TPSA) is 27.9 Å². The van der Waals surface area contributed by atoms with Gasteiger partial charge in [0, 0.05) is 0 Å². The van der Waals surface area contributed by atoms with Crippen molar-refractivity contribution in [3.63, 3.8) is 0 Å². The van der Waals surface area contributed by atoms with Gasteiger partial charge in [0.15, 0.2) is 0 Å². The Morgan fingerprint density at radius 1 is 1.50 bits per heavy atom. The fourth-order valence-corrected chi connectivity index (χ4v) is 1.78. The summed E-state index contributed by atoms with van der Waals surface area (Å²) in [6, 6.07) is 0. The van der Waals surface area contributed by atoms with E-state index in [2.05, 4.69) is 0 Å². The molecule has 1 fully saturated rings. The summed E-state index contributed by atoms with van der Waals surface area (Å²) in [4.78, 5) is 3.49. The molecule has 0 aromatic heterocycles. The SMILES string of the molecule is OCC[NH+]1CCN(C(=S)[S-])CC1. The van der Waals surface area contributed by atoms with E-state index in [1.54, 1.807) is 0 Å². The molecule has 0 spiro atoms. The van der Waals surface area contributed by atoms with Crippen LogP contribution in [0, 0.1) is 0 Å². The molecule has 70 valence electrons. The number of nitrogens with zero attached hydrogens (tertiary/aromatic N) is 1. The number of thiocarbonyl (C=S) groups is 1. The van der Waals surface area contributed by atoms with E-state index in [-0.39, 0.29) is 6.61 Å².